The molecule has 1 unspecified atom stereocenters. The van der Waals surface area contributed by atoms with E-state index in [-0.39, 0.29) is 10.8 Å². The van der Waals surface area contributed by atoms with Crippen LogP contribution >= 0.6 is 0 Å². The monoisotopic (exact) mass is 361 g/mol. The van der Waals surface area contributed by atoms with Crippen molar-refractivity contribution in [1.29, 1.82) is 0 Å². The molecule has 0 bridgehead atoms. The lowest BCUT2D eigenvalue weighted by atomic mass is 10.0. The van der Waals surface area contributed by atoms with Gasteiger partial charge < -0.3 is 5.32 Å². The standard InChI is InChI=1S/C18H23N3O3S/c1-13-4-8-15(9-5-13)17(21(2)3)18(22)20-12-14-6-10-16(11-7-14)25(19,23)24/h4-11,17H,12H2,1-3H3,(H,20,22)(H2,19,23,24). The van der Waals surface area contributed by atoms with Gasteiger partial charge in [0.05, 0.1) is 4.90 Å². The molecule has 0 saturated carbocycles. The molecule has 6 nitrogen and oxygen atoms in total. The topological polar surface area (TPSA) is 92.5 Å². The van der Waals surface area contributed by atoms with Crippen molar-refractivity contribution in [2.75, 3.05) is 14.1 Å². The Labute approximate surface area is 148 Å². The van der Waals surface area contributed by atoms with Gasteiger partial charge in [0.25, 0.3) is 0 Å². The Hall–Kier alpha value is -2.22. The molecule has 2 aromatic carbocycles. The van der Waals surface area contributed by atoms with Crippen LogP contribution < -0.4 is 10.5 Å². The second kappa shape index (κ2) is 7.77. The number of amides is 1. The predicted octanol–water partition coefficient (Wildman–Crippen LogP) is 1.56. The minimum atomic E-state index is -3.71. The molecule has 0 spiro atoms. The second-order valence-corrected chi connectivity index (χ2v) is 7.75. The highest BCUT2D eigenvalue weighted by molar-refractivity contribution is 7.89. The number of hydrogen-bond donors (Lipinski definition) is 2. The predicted molar refractivity (Wildman–Crippen MR) is 97.3 cm³/mol. The lowest BCUT2D eigenvalue weighted by Crippen LogP contribution is -2.36. The van der Waals surface area contributed by atoms with Gasteiger partial charge in [0, 0.05) is 6.54 Å². The van der Waals surface area contributed by atoms with Gasteiger partial charge in [0.2, 0.25) is 15.9 Å². The van der Waals surface area contributed by atoms with Gasteiger partial charge in [-0.1, -0.05) is 42.0 Å². The van der Waals surface area contributed by atoms with Gasteiger partial charge in [0.15, 0.2) is 0 Å². The first-order valence-electron chi connectivity index (χ1n) is 7.81. The van der Waals surface area contributed by atoms with Gasteiger partial charge in [-0.15, -0.1) is 0 Å². The molecular formula is C18H23N3O3S. The smallest absolute Gasteiger partial charge is 0.242 e. The van der Waals surface area contributed by atoms with E-state index in [0.717, 1.165) is 16.7 Å². The number of nitrogens with two attached hydrogens (primary N) is 1. The Morgan fingerprint density at radius 3 is 2.12 bits per heavy atom. The van der Waals surface area contributed by atoms with Crippen LogP contribution in [0.2, 0.25) is 0 Å². The molecule has 1 amide bonds. The van der Waals surface area contributed by atoms with E-state index in [4.69, 9.17) is 5.14 Å². The van der Waals surface area contributed by atoms with Gasteiger partial charge >= 0.3 is 0 Å². The maximum atomic E-state index is 12.6. The van der Waals surface area contributed by atoms with Crippen molar-refractivity contribution in [3.8, 4) is 0 Å². The zero-order valence-electron chi connectivity index (χ0n) is 14.6. The van der Waals surface area contributed by atoms with E-state index >= 15 is 0 Å². The van der Waals surface area contributed by atoms with Gasteiger partial charge in [-0.3, -0.25) is 9.69 Å². The average molecular weight is 361 g/mol. The normalized spacial score (nSPS) is 12.8. The summed E-state index contributed by atoms with van der Waals surface area (Å²) in [6.07, 6.45) is 0. The number of likely N-dealkylation sites (N-methyl/N-ethyl adjacent to an activating group) is 1. The van der Waals surface area contributed by atoms with Crippen LogP contribution in [0, 0.1) is 6.92 Å². The van der Waals surface area contributed by atoms with Crippen molar-refractivity contribution in [2.24, 2.45) is 5.14 Å². The first-order valence-corrected chi connectivity index (χ1v) is 9.35. The molecule has 0 aromatic heterocycles. The second-order valence-electron chi connectivity index (χ2n) is 6.18. The summed E-state index contributed by atoms with van der Waals surface area (Å²) in [7, 11) is -0.00475. The molecule has 2 aromatic rings. The summed E-state index contributed by atoms with van der Waals surface area (Å²) in [6.45, 7) is 2.31. The van der Waals surface area contributed by atoms with Crippen LogP contribution in [0.5, 0.6) is 0 Å². The van der Waals surface area contributed by atoms with E-state index in [1.807, 2.05) is 50.2 Å². The minimum absolute atomic E-state index is 0.0494. The molecule has 0 radical (unpaired) electrons. The fraction of sp³-hybridized carbons (Fsp3) is 0.278. The lowest BCUT2D eigenvalue weighted by molar-refractivity contribution is -0.125. The fourth-order valence-corrected chi connectivity index (χ4v) is 3.03. The lowest BCUT2D eigenvalue weighted by Gasteiger charge is -2.24. The van der Waals surface area contributed by atoms with Gasteiger partial charge in [0.1, 0.15) is 6.04 Å². The van der Waals surface area contributed by atoms with Gasteiger partial charge in [-0.25, -0.2) is 13.6 Å². The van der Waals surface area contributed by atoms with Crippen molar-refractivity contribution < 1.29 is 13.2 Å². The molecule has 0 aliphatic rings. The number of carbonyl (C=O) groups is 1. The van der Waals surface area contributed by atoms with Crippen LogP contribution in [-0.4, -0.2) is 33.3 Å². The molecule has 0 fully saturated rings. The number of aryl methyl sites for hydroxylation is 1. The third-order valence-electron chi connectivity index (χ3n) is 3.88. The number of primary sulfonamides is 1. The summed E-state index contributed by atoms with van der Waals surface area (Å²) < 4.78 is 22.5. The number of benzene rings is 2. The van der Waals surface area contributed by atoms with E-state index in [1.54, 1.807) is 12.1 Å². The van der Waals surface area contributed by atoms with E-state index in [9.17, 15) is 13.2 Å². The van der Waals surface area contributed by atoms with E-state index in [2.05, 4.69) is 5.32 Å². The molecule has 0 heterocycles. The molecule has 3 N–H and O–H groups in total. The molecule has 0 aliphatic carbocycles. The van der Waals surface area contributed by atoms with Crippen LogP contribution in [0.15, 0.2) is 53.4 Å². The maximum Gasteiger partial charge on any atom is 0.242 e. The Bertz CT molecular complexity index is 829. The number of nitrogens with one attached hydrogen (secondary N) is 1. The molecule has 0 saturated heterocycles. The van der Waals surface area contributed by atoms with E-state index in [0.29, 0.717) is 6.54 Å². The van der Waals surface area contributed by atoms with Crippen molar-refractivity contribution >= 4 is 15.9 Å². The number of hydrogen-bond acceptors (Lipinski definition) is 4. The van der Waals surface area contributed by atoms with Gasteiger partial charge in [-0.2, -0.15) is 0 Å². The maximum absolute atomic E-state index is 12.6. The summed E-state index contributed by atoms with van der Waals surface area (Å²) >= 11 is 0. The van der Waals surface area contributed by atoms with Crippen LogP contribution in [0.4, 0.5) is 0 Å². The van der Waals surface area contributed by atoms with Gasteiger partial charge in [-0.05, 0) is 44.3 Å². The van der Waals surface area contributed by atoms with Crippen LogP contribution in [0.25, 0.3) is 0 Å². The highest BCUT2D eigenvalue weighted by Gasteiger charge is 2.22. The SMILES string of the molecule is Cc1ccc(C(C(=O)NCc2ccc(S(N)(=O)=O)cc2)N(C)C)cc1. The van der Waals surface area contributed by atoms with E-state index in [1.165, 1.54) is 12.1 Å². The zero-order valence-corrected chi connectivity index (χ0v) is 15.4. The highest BCUT2D eigenvalue weighted by atomic mass is 32.2. The Kier molecular flexibility index (Phi) is 5.94. The summed E-state index contributed by atoms with van der Waals surface area (Å²) in [5.41, 5.74) is 2.84. The Morgan fingerprint density at radius 1 is 1.08 bits per heavy atom. The molecular weight excluding hydrogens is 338 g/mol. The average Bonchev–Trinajstić information content (AvgIpc) is 2.54. The Morgan fingerprint density at radius 2 is 1.64 bits per heavy atom. The zero-order chi connectivity index (χ0) is 18.6. The fourth-order valence-electron chi connectivity index (χ4n) is 2.52. The summed E-state index contributed by atoms with van der Waals surface area (Å²) in [5.74, 6) is -0.121. The molecule has 2 rings (SSSR count). The molecule has 25 heavy (non-hydrogen) atoms. The van der Waals surface area contributed by atoms with E-state index < -0.39 is 16.1 Å². The summed E-state index contributed by atoms with van der Waals surface area (Å²) in [4.78, 5) is 14.5. The number of rotatable bonds is 6. The largest absolute Gasteiger partial charge is 0.350 e. The van der Waals surface area contributed by atoms with Crippen molar-refractivity contribution in [3.63, 3.8) is 0 Å². The third kappa shape index (κ3) is 5.12. The molecule has 134 valence electrons. The number of sulfonamides is 1. The van der Waals surface area contributed by atoms with Crippen molar-refractivity contribution in [1.82, 2.24) is 10.2 Å². The number of carbonyl (C=O) groups excluding carboxylic acids is 1. The first kappa shape index (κ1) is 19.1. The molecule has 0 aliphatic heterocycles. The van der Waals surface area contributed by atoms with Crippen LogP contribution in [-0.2, 0) is 21.4 Å². The quantitative estimate of drug-likeness (QED) is 0.817. The first-order chi connectivity index (χ1) is 11.7. The number of nitrogens with zero attached hydrogens (tertiary/aromatic N) is 1. The Balaban J connectivity index is 2.07. The summed E-state index contributed by atoms with van der Waals surface area (Å²) in [5, 5.41) is 7.96. The summed E-state index contributed by atoms with van der Waals surface area (Å²) in [6, 6.07) is 13.6. The molecule has 7 heteroatoms. The van der Waals surface area contributed by atoms with Crippen LogP contribution in [0.3, 0.4) is 0 Å². The molecule has 1 atom stereocenters. The van der Waals surface area contributed by atoms with Crippen molar-refractivity contribution in [3.05, 3.63) is 65.2 Å². The highest BCUT2D eigenvalue weighted by Crippen LogP contribution is 2.19. The van der Waals surface area contributed by atoms with Crippen LogP contribution in [0.1, 0.15) is 22.7 Å². The van der Waals surface area contributed by atoms with Crippen molar-refractivity contribution in [2.45, 2.75) is 24.4 Å². The minimum Gasteiger partial charge on any atom is -0.350 e. The third-order valence-corrected chi connectivity index (χ3v) is 4.81.